The van der Waals surface area contributed by atoms with Crippen LogP contribution in [-0.2, 0) is 0 Å². The minimum absolute atomic E-state index is 0.686. The van der Waals surface area contributed by atoms with E-state index in [1.165, 1.54) is 5.56 Å². The van der Waals surface area contributed by atoms with Gasteiger partial charge in [0, 0.05) is 56.4 Å². The van der Waals surface area contributed by atoms with Gasteiger partial charge in [-0.3, -0.25) is 4.98 Å². The predicted octanol–water partition coefficient (Wildman–Crippen LogP) is 14.1. The van der Waals surface area contributed by atoms with Gasteiger partial charge in [-0.05, 0) is 70.5 Å². The van der Waals surface area contributed by atoms with Gasteiger partial charge in [0.1, 0.15) is 0 Å². The zero-order valence-electron chi connectivity index (χ0n) is 33.4. The minimum atomic E-state index is 0.686. The van der Waals surface area contributed by atoms with E-state index in [4.69, 9.17) is 19.9 Å². The van der Waals surface area contributed by atoms with Crippen molar-refractivity contribution in [2.24, 2.45) is 0 Å². The van der Waals surface area contributed by atoms with Gasteiger partial charge in [-0.15, -0.1) is 0 Å². The first-order valence-corrected chi connectivity index (χ1v) is 20.5. The lowest BCUT2D eigenvalue weighted by Crippen LogP contribution is -1.96. The van der Waals surface area contributed by atoms with Crippen molar-refractivity contribution in [3.05, 3.63) is 212 Å². The molecular formula is C56H37N5. The van der Waals surface area contributed by atoms with E-state index >= 15 is 0 Å². The van der Waals surface area contributed by atoms with E-state index in [0.717, 1.165) is 105 Å². The number of rotatable bonds is 7. The summed E-state index contributed by atoms with van der Waals surface area (Å²) in [6, 6.07) is 67.6. The van der Waals surface area contributed by atoms with E-state index in [9.17, 15) is 0 Å². The number of aromatic nitrogens is 5. The molecule has 0 amide bonds. The molecule has 11 rings (SSSR count). The molecule has 0 aliphatic rings. The number of benzene rings is 7. The molecule has 0 saturated heterocycles. The molecule has 4 aromatic heterocycles. The summed E-state index contributed by atoms with van der Waals surface area (Å²) in [5.41, 5.74) is 16.3. The van der Waals surface area contributed by atoms with Gasteiger partial charge in [-0.2, -0.15) is 0 Å². The number of hydrogen-bond acceptors (Lipinski definition) is 5. The van der Waals surface area contributed by atoms with Crippen LogP contribution < -0.4 is 0 Å². The molecular weight excluding hydrogens is 743 g/mol. The van der Waals surface area contributed by atoms with Gasteiger partial charge in [0.2, 0.25) is 0 Å². The monoisotopic (exact) mass is 779 g/mol. The van der Waals surface area contributed by atoms with Crippen LogP contribution in [-0.4, -0.2) is 24.9 Å². The van der Waals surface area contributed by atoms with Crippen LogP contribution in [0.3, 0.4) is 0 Å². The van der Waals surface area contributed by atoms with E-state index in [1.807, 2.05) is 36.7 Å². The average molecular weight is 780 g/mol. The van der Waals surface area contributed by atoms with E-state index in [1.54, 1.807) is 0 Å². The largest absolute Gasteiger partial charge is 0.264 e. The standard InChI is InChI=1S/C56H37N5/c1-36-32-51(40-10-4-2-5-11-40)59-55-47(36)28-26-43-27-29-50(58-54(43)55)41-22-18-37(19-23-41)38-20-24-42(25-21-38)52-34-53(61-56(60-52)44-12-6-3-7-13-44)46-16-8-15-45(33-46)48-17-9-14-39-30-31-57-35-49(39)48/h2-35H,1H3. The maximum Gasteiger partial charge on any atom is 0.160 e. The lowest BCUT2D eigenvalue weighted by atomic mass is 9.97. The molecule has 5 nitrogen and oxygen atoms in total. The second-order valence-electron chi connectivity index (χ2n) is 15.4. The summed E-state index contributed by atoms with van der Waals surface area (Å²) < 4.78 is 0. The quantitative estimate of drug-likeness (QED) is 0.151. The van der Waals surface area contributed by atoms with Crippen molar-refractivity contribution >= 4 is 32.6 Å². The Morgan fingerprint density at radius 3 is 1.66 bits per heavy atom. The molecule has 61 heavy (non-hydrogen) atoms. The summed E-state index contributed by atoms with van der Waals surface area (Å²) in [6.07, 6.45) is 3.78. The van der Waals surface area contributed by atoms with Crippen molar-refractivity contribution in [2.75, 3.05) is 0 Å². The molecule has 286 valence electrons. The van der Waals surface area contributed by atoms with Crippen LogP contribution in [0.1, 0.15) is 5.56 Å². The third kappa shape index (κ3) is 6.88. The molecule has 0 aliphatic heterocycles. The Labute approximate surface area is 353 Å². The fourth-order valence-corrected chi connectivity index (χ4v) is 8.30. The van der Waals surface area contributed by atoms with Crippen molar-refractivity contribution in [2.45, 2.75) is 6.92 Å². The predicted molar refractivity (Wildman–Crippen MR) is 251 cm³/mol. The Hall–Kier alpha value is -8.15. The zero-order valence-corrected chi connectivity index (χ0v) is 33.4. The highest BCUT2D eigenvalue weighted by molar-refractivity contribution is 6.05. The second kappa shape index (κ2) is 15.2. The second-order valence-corrected chi connectivity index (χ2v) is 15.4. The Kier molecular flexibility index (Phi) is 8.98. The number of aryl methyl sites for hydroxylation is 1. The summed E-state index contributed by atoms with van der Waals surface area (Å²) in [5, 5.41) is 4.47. The molecule has 5 heteroatoms. The third-order valence-corrected chi connectivity index (χ3v) is 11.5. The van der Waals surface area contributed by atoms with Gasteiger partial charge in [-0.1, -0.05) is 164 Å². The minimum Gasteiger partial charge on any atom is -0.264 e. The first kappa shape index (κ1) is 36.0. The van der Waals surface area contributed by atoms with Crippen molar-refractivity contribution in [3.63, 3.8) is 0 Å². The number of fused-ring (bicyclic) bond motifs is 4. The molecule has 0 atom stereocenters. The molecule has 0 bridgehead atoms. The maximum absolute atomic E-state index is 5.21. The molecule has 0 spiro atoms. The molecule has 7 aromatic carbocycles. The highest BCUT2D eigenvalue weighted by Crippen LogP contribution is 2.35. The molecule has 0 saturated carbocycles. The summed E-state index contributed by atoms with van der Waals surface area (Å²) in [6.45, 7) is 2.15. The number of pyridine rings is 3. The smallest absolute Gasteiger partial charge is 0.160 e. The summed E-state index contributed by atoms with van der Waals surface area (Å²) in [5.74, 6) is 0.686. The van der Waals surface area contributed by atoms with Gasteiger partial charge < -0.3 is 0 Å². The van der Waals surface area contributed by atoms with Crippen molar-refractivity contribution < 1.29 is 0 Å². The molecule has 11 aromatic rings. The molecule has 0 N–H and O–H groups in total. The van der Waals surface area contributed by atoms with Crippen molar-refractivity contribution in [1.29, 1.82) is 0 Å². The molecule has 0 unspecified atom stereocenters. The summed E-state index contributed by atoms with van der Waals surface area (Å²) >= 11 is 0. The summed E-state index contributed by atoms with van der Waals surface area (Å²) in [7, 11) is 0. The number of hydrogen-bond donors (Lipinski definition) is 0. The van der Waals surface area contributed by atoms with Crippen LogP contribution in [0, 0.1) is 6.92 Å². The van der Waals surface area contributed by atoms with Gasteiger partial charge >= 0.3 is 0 Å². The van der Waals surface area contributed by atoms with Crippen LogP contribution >= 0.6 is 0 Å². The van der Waals surface area contributed by atoms with Gasteiger partial charge in [0.15, 0.2) is 5.82 Å². The zero-order chi connectivity index (χ0) is 40.7. The Morgan fingerprint density at radius 1 is 0.328 bits per heavy atom. The highest BCUT2D eigenvalue weighted by Gasteiger charge is 2.14. The van der Waals surface area contributed by atoms with Crippen molar-refractivity contribution in [1.82, 2.24) is 24.9 Å². The van der Waals surface area contributed by atoms with Crippen LogP contribution in [0.25, 0.3) is 111 Å². The molecule has 0 radical (unpaired) electrons. The molecule has 4 heterocycles. The van der Waals surface area contributed by atoms with Gasteiger partial charge in [-0.25, -0.2) is 19.9 Å². The first-order chi connectivity index (χ1) is 30.1. The Bertz CT molecular complexity index is 3390. The lowest BCUT2D eigenvalue weighted by molar-refractivity contribution is 1.18. The Morgan fingerprint density at radius 2 is 0.902 bits per heavy atom. The van der Waals surface area contributed by atoms with Crippen LogP contribution in [0.2, 0.25) is 0 Å². The average Bonchev–Trinajstić information content (AvgIpc) is 3.34. The number of nitrogens with zero attached hydrogens (tertiary/aromatic N) is 5. The normalized spacial score (nSPS) is 11.4. The fourth-order valence-electron chi connectivity index (χ4n) is 8.30. The van der Waals surface area contributed by atoms with Crippen LogP contribution in [0.4, 0.5) is 0 Å². The highest BCUT2D eigenvalue weighted by atomic mass is 14.9. The van der Waals surface area contributed by atoms with Crippen molar-refractivity contribution in [3.8, 4) is 78.7 Å². The van der Waals surface area contributed by atoms with Gasteiger partial charge in [0.05, 0.1) is 33.8 Å². The van der Waals surface area contributed by atoms with E-state index < -0.39 is 0 Å². The molecule has 0 aliphatic carbocycles. The van der Waals surface area contributed by atoms with E-state index in [2.05, 4.69) is 182 Å². The van der Waals surface area contributed by atoms with Crippen LogP contribution in [0.5, 0.6) is 0 Å². The lowest BCUT2D eigenvalue weighted by Gasteiger charge is -2.12. The maximum atomic E-state index is 5.21. The third-order valence-electron chi connectivity index (χ3n) is 11.5. The SMILES string of the molecule is Cc1cc(-c2ccccc2)nc2c1ccc1ccc(-c3ccc(-c4ccc(-c5cc(-c6cccc(-c7cccc8ccncc78)c6)nc(-c6ccccc6)n5)cc4)cc3)nc12. The topological polar surface area (TPSA) is 64.5 Å². The molecule has 0 fully saturated rings. The Balaban J connectivity index is 0.913. The van der Waals surface area contributed by atoms with E-state index in [-0.39, 0.29) is 0 Å². The van der Waals surface area contributed by atoms with Crippen LogP contribution in [0.15, 0.2) is 207 Å². The van der Waals surface area contributed by atoms with E-state index in [0.29, 0.717) is 5.82 Å². The van der Waals surface area contributed by atoms with Gasteiger partial charge in [0.25, 0.3) is 0 Å². The first-order valence-electron chi connectivity index (χ1n) is 20.5. The fraction of sp³-hybridized carbons (Fsp3) is 0.0179. The summed E-state index contributed by atoms with van der Waals surface area (Å²) in [4.78, 5) is 25.0.